The molecule has 0 saturated carbocycles. The number of carbonyl (C=O) groups excluding carboxylic acids is 1. The summed E-state index contributed by atoms with van der Waals surface area (Å²) in [4.78, 5) is 27.4. The van der Waals surface area contributed by atoms with Gasteiger partial charge in [-0.2, -0.15) is 0 Å². The van der Waals surface area contributed by atoms with Crippen LogP contribution in [0.15, 0.2) is 42.5 Å². The molecule has 138 valence electrons. The lowest BCUT2D eigenvalue weighted by atomic mass is 9.62. The van der Waals surface area contributed by atoms with Crippen molar-refractivity contribution in [2.24, 2.45) is 0 Å². The Kier molecular flexibility index (Phi) is 5.28. The van der Waals surface area contributed by atoms with Gasteiger partial charge in [0.15, 0.2) is 11.4 Å². The molecule has 0 saturated heterocycles. The lowest BCUT2D eigenvalue weighted by Crippen LogP contribution is -2.55. The summed E-state index contributed by atoms with van der Waals surface area (Å²) in [7, 11) is 16.4. The van der Waals surface area contributed by atoms with Crippen LogP contribution in [0, 0.1) is 6.92 Å². The Hall–Kier alpha value is -3.42. The highest BCUT2D eigenvalue weighted by Gasteiger charge is 2.30. The summed E-state index contributed by atoms with van der Waals surface area (Å²) in [6.45, 7) is 1.62. The molecule has 0 atom stereocenters. The van der Waals surface area contributed by atoms with Crippen molar-refractivity contribution in [3.63, 3.8) is 0 Å². The molecule has 0 aliphatic rings. The van der Waals surface area contributed by atoms with Crippen LogP contribution in [0.5, 0.6) is 17.2 Å². The maximum atomic E-state index is 12.3. The summed E-state index contributed by atoms with van der Waals surface area (Å²) in [5, 5.41) is 19.7. The number of hydrogen-bond donors (Lipinski definition) is 3. The number of aliphatic carboxylic acids is 1. The molecule has 1 amide bonds. The summed E-state index contributed by atoms with van der Waals surface area (Å²) in [6.07, 6.45) is 0. The summed E-state index contributed by atoms with van der Waals surface area (Å²) in [6, 6.07) is 11.7. The summed E-state index contributed by atoms with van der Waals surface area (Å²) in [5.74, 6) is -2.12. The van der Waals surface area contributed by atoms with Crippen LogP contribution in [0.3, 0.4) is 0 Å². The molecule has 1 heterocycles. The number of carbonyl (C=O) groups is 2. The number of carboxylic acids is 1. The van der Waals surface area contributed by atoms with E-state index in [0.717, 1.165) is 0 Å². The lowest BCUT2D eigenvalue weighted by molar-refractivity contribution is -0.138. The van der Waals surface area contributed by atoms with Crippen molar-refractivity contribution in [2.75, 3.05) is 0 Å². The topological polar surface area (TPSA) is 109 Å². The van der Waals surface area contributed by atoms with E-state index in [4.69, 9.17) is 33.4 Å². The zero-order valence-corrected chi connectivity index (χ0v) is 15.3. The second-order valence-corrected chi connectivity index (χ2v) is 6.40. The monoisotopic (exact) mass is 382 g/mol. The number of benzene rings is 2. The number of rotatable bonds is 5. The third-order valence-corrected chi connectivity index (χ3v) is 4.12. The highest BCUT2D eigenvalue weighted by molar-refractivity contribution is 6.51. The molecule has 0 aliphatic heterocycles. The zero-order chi connectivity index (χ0) is 21.3. The van der Waals surface area contributed by atoms with E-state index in [9.17, 15) is 14.7 Å². The van der Waals surface area contributed by atoms with Gasteiger partial charge in [0.25, 0.3) is 5.91 Å². The van der Waals surface area contributed by atoms with Gasteiger partial charge in [0, 0.05) is 16.5 Å². The Balaban J connectivity index is 1.97. The first-order valence-corrected chi connectivity index (χ1v) is 8.39. The molecular formula is C19H13B3N2O5. The highest BCUT2D eigenvalue weighted by atomic mass is 16.5. The van der Waals surface area contributed by atoms with Crippen molar-refractivity contribution in [1.82, 2.24) is 10.3 Å². The minimum atomic E-state index is -2.51. The summed E-state index contributed by atoms with van der Waals surface area (Å²) in [5.41, 5.74) is 0.545. The molecular weight excluding hydrogens is 369 g/mol. The second kappa shape index (κ2) is 7.54. The summed E-state index contributed by atoms with van der Waals surface area (Å²) >= 11 is 0. The van der Waals surface area contributed by atoms with Crippen LogP contribution in [0.4, 0.5) is 0 Å². The maximum Gasteiger partial charge on any atom is 0.310 e. The number of hydrogen-bond acceptors (Lipinski definition) is 5. The van der Waals surface area contributed by atoms with Crippen LogP contribution in [0.25, 0.3) is 10.8 Å². The van der Waals surface area contributed by atoms with E-state index in [0.29, 0.717) is 33.4 Å². The number of carboxylic acid groups (broad SMARTS) is 1. The first kappa shape index (κ1) is 20.3. The van der Waals surface area contributed by atoms with E-state index in [1.165, 1.54) is 0 Å². The standard InChI is InChI=1S/C19H13B3N2O5/c1-9-14-8-12(29-11-4-2-3-10(20)7-11)5-6-13(14)16(25)15(23-9)17(26)24-19(21,22)18(27)28/h2-8,25H,1H3,(H,24,26)(H,27,28). The first-order valence-electron chi connectivity index (χ1n) is 8.39. The van der Waals surface area contributed by atoms with Gasteiger partial charge in [0.2, 0.25) is 0 Å². The van der Waals surface area contributed by atoms with Gasteiger partial charge in [-0.25, -0.2) is 4.98 Å². The van der Waals surface area contributed by atoms with Crippen LogP contribution >= 0.6 is 0 Å². The molecule has 2 aromatic carbocycles. The maximum absolute atomic E-state index is 12.3. The fourth-order valence-corrected chi connectivity index (χ4v) is 2.67. The van der Waals surface area contributed by atoms with E-state index in [1.807, 2.05) is 5.32 Å². The zero-order valence-electron chi connectivity index (χ0n) is 15.3. The van der Waals surface area contributed by atoms with Crippen LogP contribution in [-0.2, 0) is 4.79 Å². The van der Waals surface area contributed by atoms with Gasteiger partial charge in [-0.3, -0.25) is 9.59 Å². The van der Waals surface area contributed by atoms with E-state index in [-0.39, 0.29) is 0 Å². The number of nitrogens with zero attached hydrogens (tertiary/aromatic N) is 1. The molecule has 3 N–H and O–H groups in total. The SMILES string of the molecule is [B]c1cccc(Oc2ccc3c(O)c(C(=O)NC([B])([B])C(=O)O)nc(C)c3c2)c1. The summed E-state index contributed by atoms with van der Waals surface area (Å²) < 4.78 is 5.77. The molecule has 29 heavy (non-hydrogen) atoms. The number of aromatic hydroxyl groups is 1. The quantitative estimate of drug-likeness (QED) is 0.560. The second-order valence-electron chi connectivity index (χ2n) is 6.40. The molecule has 0 unspecified atom stereocenters. The molecule has 6 radical (unpaired) electrons. The molecule has 0 spiro atoms. The fourth-order valence-electron chi connectivity index (χ4n) is 2.67. The third kappa shape index (κ3) is 4.21. The molecule has 7 nitrogen and oxygen atoms in total. The van der Waals surface area contributed by atoms with Crippen LogP contribution in [0.2, 0.25) is 0 Å². The Morgan fingerprint density at radius 3 is 2.45 bits per heavy atom. The van der Waals surface area contributed by atoms with E-state index >= 15 is 0 Å². The number of amides is 1. The first-order chi connectivity index (χ1) is 13.6. The predicted octanol–water partition coefficient (Wildman–Crippen LogP) is 0.640. The Morgan fingerprint density at radius 2 is 1.79 bits per heavy atom. The van der Waals surface area contributed by atoms with Crippen molar-refractivity contribution in [3.8, 4) is 17.2 Å². The van der Waals surface area contributed by atoms with Crippen LogP contribution in [0.1, 0.15) is 16.2 Å². The van der Waals surface area contributed by atoms with Crippen molar-refractivity contribution >= 4 is 51.7 Å². The van der Waals surface area contributed by atoms with Crippen LogP contribution < -0.4 is 15.5 Å². The predicted molar refractivity (Wildman–Crippen MR) is 109 cm³/mol. The number of aromatic nitrogens is 1. The molecule has 0 aliphatic carbocycles. The van der Waals surface area contributed by atoms with Crippen molar-refractivity contribution in [1.29, 1.82) is 0 Å². The molecule has 3 rings (SSSR count). The Morgan fingerprint density at radius 1 is 1.10 bits per heavy atom. The average molecular weight is 382 g/mol. The molecule has 0 fully saturated rings. The smallest absolute Gasteiger partial charge is 0.310 e. The Bertz CT molecular complexity index is 1130. The number of fused-ring (bicyclic) bond motifs is 1. The van der Waals surface area contributed by atoms with Gasteiger partial charge >= 0.3 is 5.97 Å². The average Bonchev–Trinajstić information content (AvgIpc) is 2.64. The van der Waals surface area contributed by atoms with Gasteiger partial charge in [0.05, 0.1) is 5.34 Å². The van der Waals surface area contributed by atoms with Gasteiger partial charge in [-0.05, 0) is 37.3 Å². The van der Waals surface area contributed by atoms with E-state index in [1.54, 1.807) is 49.4 Å². The molecule has 1 aromatic heterocycles. The number of aryl methyl sites for hydroxylation is 1. The largest absolute Gasteiger partial charge is 0.505 e. The lowest BCUT2D eigenvalue weighted by Gasteiger charge is -2.22. The van der Waals surface area contributed by atoms with Gasteiger partial charge in [-0.1, -0.05) is 17.6 Å². The number of ether oxygens (including phenoxy) is 1. The van der Waals surface area contributed by atoms with Crippen molar-refractivity contribution in [2.45, 2.75) is 12.3 Å². The normalized spacial score (nSPS) is 11.2. The molecule has 3 aromatic rings. The van der Waals surface area contributed by atoms with Gasteiger partial charge in [0.1, 0.15) is 35.0 Å². The highest BCUT2D eigenvalue weighted by Crippen LogP contribution is 2.33. The fraction of sp³-hybridized carbons (Fsp3) is 0.105. The van der Waals surface area contributed by atoms with Crippen molar-refractivity contribution < 1.29 is 24.5 Å². The minimum Gasteiger partial charge on any atom is -0.505 e. The van der Waals surface area contributed by atoms with Gasteiger partial charge in [-0.15, -0.1) is 0 Å². The number of nitrogens with one attached hydrogen (secondary N) is 1. The van der Waals surface area contributed by atoms with Crippen molar-refractivity contribution in [3.05, 3.63) is 53.9 Å². The molecule has 10 heteroatoms. The van der Waals surface area contributed by atoms with E-state index in [2.05, 4.69) is 4.98 Å². The molecule has 0 bridgehead atoms. The van der Waals surface area contributed by atoms with Crippen LogP contribution in [-0.4, -0.2) is 55.9 Å². The van der Waals surface area contributed by atoms with E-state index < -0.39 is 28.7 Å². The van der Waals surface area contributed by atoms with Gasteiger partial charge < -0.3 is 20.3 Å². The minimum absolute atomic E-state index is 0.317. The number of pyridine rings is 1. The Labute approximate surface area is 170 Å². The third-order valence-electron chi connectivity index (χ3n) is 4.12.